The quantitative estimate of drug-likeness (QED) is 0.542. The molecule has 0 bridgehead atoms. The SMILES string of the molecule is CCOC(=O)C(=O)N1CCOCC1C(=O)NC(C)C. The number of nitrogens with one attached hydrogen (secondary N) is 1. The van der Waals surface area contributed by atoms with Crippen LogP contribution in [0.5, 0.6) is 0 Å². The van der Waals surface area contributed by atoms with E-state index >= 15 is 0 Å². The number of hydrogen-bond acceptors (Lipinski definition) is 5. The summed E-state index contributed by atoms with van der Waals surface area (Å²) >= 11 is 0. The van der Waals surface area contributed by atoms with Crippen molar-refractivity contribution in [2.75, 3.05) is 26.4 Å². The van der Waals surface area contributed by atoms with Crippen molar-refractivity contribution in [2.45, 2.75) is 32.9 Å². The average Bonchev–Trinajstić information content (AvgIpc) is 2.37. The first-order valence-corrected chi connectivity index (χ1v) is 6.33. The summed E-state index contributed by atoms with van der Waals surface area (Å²) in [5.74, 6) is -2.06. The third kappa shape index (κ3) is 4.20. The van der Waals surface area contributed by atoms with Crippen LogP contribution in [0, 0.1) is 0 Å². The van der Waals surface area contributed by atoms with Gasteiger partial charge in [-0.25, -0.2) is 4.79 Å². The van der Waals surface area contributed by atoms with Gasteiger partial charge in [0, 0.05) is 12.6 Å². The third-order valence-corrected chi connectivity index (χ3v) is 2.57. The van der Waals surface area contributed by atoms with E-state index in [1.807, 2.05) is 13.8 Å². The highest BCUT2D eigenvalue weighted by molar-refractivity contribution is 6.32. The zero-order valence-electron chi connectivity index (χ0n) is 11.5. The molecule has 0 saturated carbocycles. The van der Waals surface area contributed by atoms with Gasteiger partial charge in [-0.15, -0.1) is 0 Å². The second-order valence-corrected chi connectivity index (χ2v) is 4.47. The summed E-state index contributed by atoms with van der Waals surface area (Å²) in [5, 5.41) is 2.70. The van der Waals surface area contributed by atoms with Crippen LogP contribution >= 0.6 is 0 Å². The van der Waals surface area contributed by atoms with Crippen molar-refractivity contribution in [3.05, 3.63) is 0 Å². The number of ether oxygens (including phenoxy) is 2. The molecule has 1 unspecified atom stereocenters. The van der Waals surface area contributed by atoms with E-state index in [0.29, 0.717) is 6.61 Å². The van der Waals surface area contributed by atoms with Crippen LogP contribution in [0.3, 0.4) is 0 Å². The first kappa shape index (κ1) is 15.4. The van der Waals surface area contributed by atoms with Gasteiger partial charge < -0.3 is 19.7 Å². The van der Waals surface area contributed by atoms with Gasteiger partial charge in [-0.3, -0.25) is 9.59 Å². The second kappa shape index (κ2) is 7.08. The zero-order valence-corrected chi connectivity index (χ0v) is 11.5. The number of carbonyl (C=O) groups is 3. The van der Waals surface area contributed by atoms with Gasteiger partial charge in [0.05, 0.1) is 19.8 Å². The van der Waals surface area contributed by atoms with E-state index in [1.165, 1.54) is 4.90 Å². The van der Waals surface area contributed by atoms with Crippen LogP contribution in [0.4, 0.5) is 0 Å². The molecule has 2 amide bonds. The predicted octanol–water partition coefficient (Wildman–Crippen LogP) is -0.698. The topological polar surface area (TPSA) is 84.9 Å². The Hall–Kier alpha value is -1.63. The lowest BCUT2D eigenvalue weighted by Gasteiger charge is -2.34. The van der Waals surface area contributed by atoms with Crippen molar-refractivity contribution in [3.63, 3.8) is 0 Å². The van der Waals surface area contributed by atoms with E-state index in [9.17, 15) is 14.4 Å². The van der Waals surface area contributed by atoms with Crippen LogP contribution in [-0.4, -0.2) is 61.1 Å². The molecule has 1 atom stereocenters. The van der Waals surface area contributed by atoms with Crippen LogP contribution in [0.1, 0.15) is 20.8 Å². The molecule has 0 aromatic rings. The van der Waals surface area contributed by atoms with Crippen molar-refractivity contribution in [1.29, 1.82) is 0 Å². The van der Waals surface area contributed by atoms with E-state index in [-0.39, 0.29) is 31.7 Å². The number of hydrogen-bond donors (Lipinski definition) is 1. The summed E-state index contributed by atoms with van der Waals surface area (Å²) < 4.78 is 9.86. The van der Waals surface area contributed by atoms with Gasteiger partial charge in [0.15, 0.2) is 0 Å². The molecule has 0 aliphatic carbocycles. The summed E-state index contributed by atoms with van der Waals surface area (Å²) in [7, 11) is 0. The highest BCUT2D eigenvalue weighted by Gasteiger charge is 2.36. The minimum atomic E-state index is -0.938. The molecule has 7 heteroatoms. The molecule has 19 heavy (non-hydrogen) atoms. The number of esters is 1. The van der Waals surface area contributed by atoms with E-state index in [0.717, 1.165) is 0 Å². The van der Waals surface area contributed by atoms with Crippen LogP contribution < -0.4 is 5.32 Å². The van der Waals surface area contributed by atoms with Crippen molar-refractivity contribution < 1.29 is 23.9 Å². The van der Waals surface area contributed by atoms with Gasteiger partial charge in [0.1, 0.15) is 6.04 Å². The molecule has 0 aromatic carbocycles. The molecule has 0 aromatic heterocycles. The fourth-order valence-corrected chi connectivity index (χ4v) is 1.75. The molecule has 108 valence electrons. The maximum Gasteiger partial charge on any atom is 0.397 e. The number of morpholine rings is 1. The summed E-state index contributed by atoms with van der Waals surface area (Å²) in [5.41, 5.74) is 0. The number of rotatable bonds is 3. The Labute approximate surface area is 112 Å². The Morgan fingerprint density at radius 2 is 2.11 bits per heavy atom. The Balaban J connectivity index is 2.74. The Bertz CT molecular complexity index is 356. The molecule has 1 N–H and O–H groups in total. The number of nitrogens with zero attached hydrogens (tertiary/aromatic N) is 1. The Morgan fingerprint density at radius 1 is 1.42 bits per heavy atom. The lowest BCUT2D eigenvalue weighted by Crippen LogP contribution is -2.58. The monoisotopic (exact) mass is 272 g/mol. The highest BCUT2D eigenvalue weighted by Crippen LogP contribution is 2.09. The molecule has 1 aliphatic rings. The van der Waals surface area contributed by atoms with Gasteiger partial charge in [-0.1, -0.05) is 0 Å². The van der Waals surface area contributed by atoms with Crippen LogP contribution in [0.2, 0.25) is 0 Å². The van der Waals surface area contributed by atoms with Crippen LogP contribution in [0.25, 0.3) is 0 Å². The summed E-state index contributed by atoms with van der Waals surface area (Å²) in [4.78, 5) is 36.5. The number of carbonyl (C=O) groups excluding carboxylic acids is 3. The average molecular weight is 272 g/mol. The normalized spacial score (nSPS) is 19.2. The largest absolute Gasteiger partial charge is 0.459 e. The predicted molar refractivity (Wildman–Crippen MR) is 66.2 cm³/mol. The van der Waals surface area contributed by atoms with Crippen molar-refractivity contribution in [2.24, 2.45) is 0 Å². The maximum absolute atomic E-state index is 12.0. The molecular formula is C12H20N2O5. The van der Waals surface area contributed by atoms with Crippen molar-refractivity contribution in [1.82, 2.24) is 10.2 Å². The zero-order chi connectivity index (χ0) is 14.4. The van der Waals surface area contributed by atoms with Crippen LogP contribution in [0.15, 0.2) is 0 Å². The molecule has 1 aliphatic heterocycles. The van der Waals surface area contributed by atoms with E-state index in [1.54, 1.807) is 6.92 Å². The highest BCUT2D eigenvalue weighted by atomic mass is 16.5. The molecule has 1 fully saturated rings. The first-order chi connectivity index (χ1) is 8.97. The minimum absolute atomic E-state index is 0.0472. The summed E-state index contributed by atoms with van der Waals surface area (Å²) in [6.07, 6.45) is 0. The fourth-order valence-electron chi connectivity index (χ4n) is 1.75. The van der Waals surface area contributed by atoms with Crippen LogP contribution in [-0.2, 0) is 23.9 Å². The molecule has 0 radical (unpaired) electrons. The van der Waals surface area contributed by atoms with Gasteiger partial charge in [-0.05, 0) is 20.8 Å². The Kier molecular flexibility index (Phi) is 5.75. The minimum Gasteiger partial charge on any atom is -0.459 e. The lowest BCUT2D eigenvalue weighted by molar-refractivity contribution is -0.165. The lowest BCUT2D eigenvalue weighted by atomic mass is 10.2. The molecule has 1 heterocycles. The molecule has 1 saturated heterocycles. The molecule has 0 spiro atoms. The first-order valence-electron chi connectivity index (χ1n) is 6.33. The number of amides is 2. The Morgan fingerprint density at radius 3 is 2.68 bits per heavy atom. The second-order valence-electron chi connectivity index (χ2n) is 4.47. The van der Waals surface area contributed by atoms with E-state index in [4.69, 9.17) is 4.74 Å². The van der Waals surface area contributed by atoms with Crippen molar-refractivity contribution >= 4 is 17.8 Å². The third-order valence-electron chi connectivity index (χ3n) is 2.57. The van der Waals surface area contributed by atoms with Crippen molar-refractivity contribution in [3.8, 4) is 0 Å². The van der Waals surface area contributed by atoms with E-state index in [2.05, 4.69) is 10.1 Å². The standard InChI is InChI=1S/C12H20N2O5/c1-4-19-12(17)11(16)14-5-6-18-7-9(14)10(15)13-8(2)3/h8-9H,4-7H2,1-3H3,(H,13,15). The van der Waals surface area contributed by atoms with E-state index < -0.39 is 17.9 Å². The smallest absolute Gasteiger partial charge is 0.397 e. The van der Waals surface area contributed by atoms with Gasteiger partial charge in [-0.2, -0.15) is 0 Å². The molecule has 7 nitrogen and oxygen atoms in total. The maximum atomic E-state index is 12.0. The summed E-state index contributed by atoms with van der Waals surface area (Å²) in [6.45, 7) is 5.97. The fraction of sp³-hybridized carbons (Fsp3) is 0.750. The molecular weight excluding hydrogens is 252 g/mol. The van der Waals surface area contributed by atoms with Gasteiger partial charge in [0.25, 0.3) is 0 Å². The van der Waals surface area contributed by atoms with Gasteiger partial charge in [0.2, 0.25) is 5.91 Å². The molecule has 1 rings (SSSR count). The van der Waals surface area contributed by atoms with Gasteiger partial charge >= 0.3 is 11.9 Å². The summed E-state index contributed by atoms with van der Waals surface area (Å²) in [6, 6.07) is -0.831.